The molecule has 5 nitrogen and oxygen atoms in total. The SMILES string of the molecule is CC(Oc1ccc(/C=C2/SC(=S)N(c3ccc4ccccc4c3)C2=O)cc1)C(=O)O. The molecule has 0 spiro atoms. The van der Waals surface area contributed by atoms with Crippen molar-refractivity contribution >= 4 is 62.7 Å². The van der Waals surface area contributed by atoms with E-state index in [0.717, 1.165) is 22.0 Å². The lowest BCUT2D eigenvalue weighted by molar-refractivity contribution is -0.144. The van der Waals surface area contributed by atoms with Crippen molar-refractivity contribution in [3.05, 3.63) is 77.2 Å². The van der Waals surface area contributed by atoms with Crippen molar-refractivity contribution < 1.29 is 19.4 Å². The van der Waals surface area contributed by atoms with Gasteiger partial charge in [0.1, 0.15) is 5.75 Å². The van der Waals surface area contributed by atoms with Gasteiger partial charge in [-0.2, -0.15) is 0 Å². The molecule has 3 aromatic carbocycles. The number of thiocarbonyl (C=S) groups is 1. The van der Waals surface area contributed by atoms with Gasteiger partial charge in [-0.3, -0.25) is 9.69 Å². The van der Waals surface area contributed by atoms with Gasteiger partial charge in [0.15, 0.2) is 10.4 Å². The second-order valence-electron chi connectivity index (χ2n) is 6.72. The first kappa shape index (κ1) is 20.1. The van der Waals surface area contributed by atoms with Crippen molar-refractivity contribution in [3.8, 4) is 5.75 Å². The Morgan fingerprint density at radius 3 is 2.50 bits per heavy atom. The Morgan fingerprint density at radius 1 is 1.10 bits per heavy atom. The second kappa shape index (κ2) is 8.30. The molecule has 1 aliphatic heterocycles. The monoisotopic (exact) mass is 435 g/mol. The van der Waals surface area contributed by atoms with E-state index in [9.17, 15) is 9.59 Å². The summed E-state index contributed by atoms with van der Waals surface area (Å²) >= 11 is 6.72. The highest BCUT2D eigenvalue weighted by Crippen LogP contribution is 2.37. The van der Waals surface area contributed by atoms with E-state index >= 15 is 0 Å². The van der Waals surface area contributed by atoms with Gasteiger partial charge in [-0.1, -0.05) is 66.4 Å². The highest BCUT2D eigenvalue weighted by molar-refractivity contribution is 8.27. The third-order valence-electron chi connectivity index (χ3n) is 4.62. The minimum absolute atomic E-state index is 0.167. The number of benzene rings is 3. The molecule has 4 rings (SSSR count). The summed E-state index contributed by atoms with van der Waals surface area (Å²) < 4.78 is 5.81. The Hall–Kier alpha value is -3.16. The van der Waals surface area contributed by atoms with E-state index < -0.39 is 12.1 Å². The number of carbonyl (C=O) groups is 2. The van der Waals surface area contributed by atoms with Gasteiger partial charge in [0, 0.05) is 0 Å². The fraction of sp³-hybridized carbons (Fsp3) is 0.0870. The van der Waals surface area contributed by atoms with Gasteiger partial charge >= 0.3 is 5.97 Å². The highest BCUT2D eigenvalue weighted by Gasteiger charge is 2.33. The molecule has 1 amide bonds. The number of anilines is 1. The quantitative estimate of drug-likeness (QED) is 0.444. The number of carboxylic acids is 1. The third kappa shape index (κ3) is 4.08. The molecule has 1 aliphatic rings. The molecule has 1 atom stereocenters. The van der Waals surface area contributed by atoms with Crippen LogP contribution in [0.25, 0.3) is 16.8 Å². The van der Waals surface area contributed by atoms with Crippen LogP contribution >= 0.6 is 24.0 Å². The maximum absolute atomic E-state index is 13.0. The van der Waals surface area contributed by atoms with Crippen LogP contribution in [-0.4, -0.2) is 27.4 Å². The van der Waals surface area contributed by atoms with Crippen molar-refractivity contribution in [2.45, 2.75) is 13.0 Å². The molecule has 1 unspecified atom stereocenters. The molecule has 150 valence electrons. The molecule has 0 saturated carbocycles. The van der Waals surface area contributed by atoms with E-state index in [2.05, 4.69) is 0 Å². The van der Waals surface area contributed by atoms with Crippen molar-refractivity contribution in [1.29, 1.82) is 0 Å². The number of rotatable bonds is 5. The Labute approximate surface area is 183 Å². The Bertz CT molecular complexity index is 1190. The van der Waals surface area contributed by atoms with Gasteiger partial charge in [0.25, 0.3) is 5.91 Å². The van der Waals surface area contributed by atoms with Crippen LogP contribution in [0.4, 0.5) is 5.69 Å². The zero-order valence-electron chi connectivity index (χ0n) is 15.9. The average Bonchev–Trinajstić information content (AvgIpc) is 3.02. The number of amides is 1. The summed E-state index contributed by atoms with van der Waals surface area (Å²) in [4.78, 5) is 26.0. The highest BCUT2D eigenvalue weighted by atomic mass is 32.2. The molecule has 0 aliphatic carbocycles. The van der Waals surface area contributed by atoms with E-state index in [0.29, 0.717) is 15.0 Å². The molecule has 7 heteroatoms. The van der Waals surface area contributed by atoms with Gasteiger partial charge in [-0.25, -0.2) is 4.79 Å². The summed E-state index contributed by atoms with van der Waals surface area (Å²) in [5, 5.41) is 11.1. The van der Waals surface area contributed by atoms with Crippen LogP contribution in [-0.2, 0) is 9.59 Å². The van der Waals surface area contributed by atoms with Gasteiger partial charge in [-0.15, -0.1) is 0 Å². The van der Waals surface area contributed by atoms with Crippen LogP contribution in [0.5, 0.6) is 5.75 Å². The fourth-order valence-corrected chi connectivity index (χ4v) is 4.35. The molecule has 0 radical (unpaired) electrons. The van der Waals surface area contributed by atoms with Crippen molar-refractivity contribution in [2.75, 3.05) is 4.90 Å². The number of fused-ring (bicyclic) bond motifs is 1. The van der Waals surface area contributed by atoms with Gasteiger partial charge in [0.2, 0.25) is 0 Å². The van der Waals surface area contributed by atoms with E-state index in [-0.39, 0.29) is 5.91 Å². The lowest BCUT2D eigenvalue weighted by Gasteiger charge is -2.15. The molecular formula is C23H17NO4S2. The number of aliphatic carboxylic acids is 1. The van der Waals surface area contributed by atoms with Gasteiger partial charge in [0.05, 0.1) is 10.6 Å². The predicted molar refractivity (Wildman–Crippen MR) is 124 cm³/mol. The normalized spacial score (nSPS) is 16.3. The standard InChI is InChI=1S/C23H17NO4S2/c1-14(22(26)27)28-19-10-6-15(7-11-19)12-20-21(25)24(23(29)30-20)18-9-8-16-4-2-3-5-17(16)13-18/h2-14H,1H3,(H,26,27)/b20-12+. The molecule has 1 fully saturated rings. The molecule has 1 N–H and O–H groups in total. The van der Waals surface area contributed by atoms with E-state index in [1.807, 2.05) is 42.5 Å². The van der Waals surface area contributed by atoms with E-state index in [1.54, 1.807) is 35.2 Å². The fourth-order valence-electron chi connectivity index (χ4n) is 3.05. The smallest absolute Gasteiger partial charge is 0.344 e. The first-order valence-corrected chi connectivity index (χ1v) is 10.4. The van der Waals surface area contributed by atoms with Gasteiger partial charge in [-0.05, 0) is 53.6 Å². The zero-order valence-corrected chi connectivity index (χ0v) is 17.6. The maximum atomic E-state index is 13.0. The Balaban J connectivity index is 1.55. The van der Waals surface area contributed by atoms with Crippen molar-refractivity contribution in [3.63, 3.8) is 0 Å². The van der Waals surface area contributed by atoms with E-state index in [1.165, 1.54) is 18.7 Å². The molecule has 1 saturated heterocycles. The summed E-state index contributed by atoms with van der Waals surface area (Å²) in [6.45, 7) is 1.47. The topological polar surface area (TPSA) is 66.8 Å². The van der Waals surface area contributed by atoms with Crippen molar-refractivity contribution in [2.24, 2.45) is 0 Å². The number of ether oxygens (including phenoxy) is 1. The van der Waals surface area contributed by atoms with Crippen molar-refractivity contribution in [1.82, 2.24) is 0 Å². The second-order valence-corrected chi connectivity index (χ2v) is 8.39. The van der Waals surface area contributed by atoms with Crippen LogP contribution in [0.15, 0.2) is 71.6 Å². The summed E-state index contributed by atoms with van der Waals surface area (Å²) in [6, 6.07) is 20.7. The number of carboxylic acid groups (broad SMARTS) is 1. The van der Waals surface area contributed by atoms with Crippen LogP contribution in [0.2, 0.25) is 0 Å². The van der Waals surface area contributed by atoms with Crippen LogP contribution < -0.4 is 9.64 Å². The summed E-state index contributed by atoms with van der Waals surface area (Å²) in [5.74, 6) is -0.748. The molecular weight excluding hydrogens is 418 g/mol. The number of carbonyl (C=O) groups excluding carboxylic acids is 1. The predicted octanol–water partition coefficient (Wildman–Crippen LogP) is 5.10. The average molecular weight is 436 g/mol. The first-order valence-electron chi connectivity index (χ1n) is 9.19. The van der Waals surface area contributed by atoms with Gasteiger partial charge < -0.3 is 9.84 Å². The number of hydrogen-bond donors (Lipinski definition) is 1. The number of nitrogens with zero attached hydrogens (tertiary/aromatic N) is 1. The Kier molecular flexibility index (Phi) is 5.57. The lowest BCUT2D eigenvalue weighted by Crippen LogP contribution is -2.27. The minimum Gasteiger partial charge on any atom is -0.479 e. The minimum atomic E-state index is -1.03. The maximum Gasteiger partial charge on any atom is 0.344 e. The Morgan fingerprint density at radius 2 is 1.80 bits per heavy atom. The zero-order chi connectivity index (χ0) is 21.3. The molecule has 3 aromatic rings. The molecule has 30 heavy (non-hydrogen) atoms. The van der Waals surface area contributed by atoms with Crippen LogP contribution in [0, 0.1) is 0 Å². The summed E-state index contributed by atoms with van der Waals surface area (Å²) in [7, 11) is 0. The molecule has 0 aromatic heterocycles. The van der Waals surface area contributed by atoms with Crippen LogP contribution in [0.3, 0.4) is 0 Å². The first-order chi connectivity index (χ1) is 14.4. The summed E-state index contributed by atoms with van der Waals surface area (Å²) in [5.41, 5.74) is 1.54. The third-order valence-corrected chi connectivity index (χ3v) is 5.93. The number of hydrogen-bond acceptors (Lipinski definition) is 5. The van der Waals surface area contributed by atoms with Crippen LogP contribution in [0.1, 0.15) is 12.5 Å². The van der Waals surface area contributed by atoms with E-state index in [4.69, 9.17) is 22.1 Å². The lowest BCUT2D eigenvalue weighted by atomic mass is 10.1. The largest absolute Gasteiger partial charge is 0.479 e. The molecule has 0 bridgehead atoms. The molecule has 1 heterocycles. The summed E-state index contributed by atoms with van der Waals surface area (Å²) in [6.07, 6.45) is 0.833. The number of thioether (sulfide) groups is 1.